The van der Waals surface area contributed by atoms with Crippen LogP contribution < -0.4 is 9.64 Å². The van der Waals surface area contributed by atoms with Crippen LogP contribution in [0.25, 0.3) is 0 Å². The van der Waals surface area contributed by atoms with Gasteiger partial charge in [0.2, 0.25) is 0 Å². The minimum Gasteiger partial charge on any atom is -0.490 e. The van der Waals surface area contributed by atoms with E-state index in [0.717, 1.165) is 11.8 Å². The number of urea groups is 1. The molecule has 2 aliphatic rings. The predicted molar refractivity (Wildman–Crippen MR) is 95.1 cm³/mol. The van der Waals surface area contributed by atoms with Crippen molar-refractivity contribution in [3.63, 3.8) is 0 Å². The minimum atomic E-state index is -4.36. The van der Waals surface area contributed by atoms with Crippen LogP contribution in [0, 0.1) is 0 Å². The summed E-state index contributed by atoms with van der Waals surface area (Å²) < 4.78 is 44.5. The molecule has 0 radical (unpaired) electrons. The van der Waals surface area contributed by atoms with E-state index in [0.29, 0.717) is 44.0 Å². The number of benzene rings is 2. The monoisotopic (exact) mass is 376 g/mol. The summed E-state index contributed by atoms with van der Waals surface area (Å²) in [5.41, 5.74) is 0.714. The van der Waals surface area contributed by atoms with Crippen molar-refractivity contribution in [1.29, 1.82) is 0 Å². The molecular formula is C20H19F3N2O2. The van der Waals surface area contributed by atoms with Crippen LogP contribution in [0.4, 0.5) is 23.7 Å². The van der Waals surface area contributed by atoms with Crippen LogP contribution in [0.15, 0.2) is 48.5 Å². The number of para-hydroxylation sites is 2. The lowest BCUT2D eigenvalue weighted by atomic mass is 9.96. The number of likely N-dealkylation sites (tertiary alicyclic amines) is 1. The molecule has 2 aromatic carbocycles. The first-order valence-electron chi connectivity index (χ1n) is 8.89. The van der Waals surface area contributed by atoms with Crippen molar-refractivity contribution in [3.8, 4) is 5.75 Å². The van der Waals surface area contributed by atoms with Gasteiger partial charge in [0.25, 0.3) is 0 Å². The quantitative estimate of drug-likeness (QED) is 0.733. The van der Waals surface area contributed by atoms with E-state index in [1.54, 1.807) is 15.9 Å². The molecular weight excluding hydrogens is 357 g/mol. The van der Waals surface area contributed by atoms with Gasteiger partial charge in [-0.25, -0.2) is 4.79 Å². The SMILES string of the molecule is O=C(N1CCC(c2cccc(C(F)(F)F)c2)C1)N1CCOc2ccccc21. The number of nitrogens with zero attached hydrogens (tertiary/aromatic N) is 2. The molecule has 1 fully saturated rings. The zero-order valence-electron chi connectivity index (χ0n) is 14.6. The van der Waals surface area contributed by atoms with Gasteiger partial charge < -0.3 is 9.64 Å². The fourth-order valence-electron chi connectivity index (χ4n) is 3.71. The number of ether oxygens (including phenoxy) is 1. The van der Waals surface area contributed by atoms with E-state index in [1.165, 1.54) is 12.1 Å². The number of fused-ring (bicyclic) bond motifs is 1. The molecule has 142 valence electrons. The van der Waals surface area contributed by atoms with Crippen LogP contribution in [0.2, 0.25) is 0 Å². The van der Waals surface area contributed by atoms with Gasteiger partial charge >= 0.3 is 12.2 Å². The van der Waals surface area contributed by atoms with Crippen LogP contribution in [0.1, 0.15) is 23.5 Å². The normalized spacial score (nSPS) is 19.6. The first kappa shape index (κ1) is 17.7. The van der Waals surface area contributed by atoms with E-state index in [4.69, 9.17) is 4.74 Å². The lowest BCUT2D eigenvalue weighted by molar-refractivity contribution is -0.137. The number of hydrogen-bond donors (Lipinski definition) is 0. The van der Waals surface area contributed by atoms with Crippen LogP contribution in [-0.4, -0.2) is 37.2 Å². The van der Waals surface area contributed by atoms with Crippen molar-refractivity contribution in [2.75, 3.05) is 31.1 Å². The van der Waals surface area contributed by atoms with Gasteiger partial charge in [0.05, 0.1) is 17.8 Å². The van der Waals surface area contributed by atoms with Crippen LogP contribution in [0.5, 0.6) is 5.75 Å². The molecule has 4 rings (SSSR count). The van der Waals surface area contributed by atoms with E-state index in [-0.39, 0.29) is 11.9 Å². The van der Waals surface area contributed by atoms with Crippen molar-refractivity contribution >= 4 is 11.7 Å². The molecule has 1 atom stereocenters. The third-order valence-corrected chi connectivity index (χ3v) is 5.10. The van der Waals surface area contributed by atoms with Crippen LogP contribution in [-0.2, 0) is 6.18 Å². The zero-order valence-corrected chi connectivity index (χ0v) is 14.6. The van der Waals surface area contributed by atoms with Crippen molar-refractivity contribution in [2.45, 2.75) is 18.5 Å². The summed E-state index contributed by atoms with van der Waals surface area (Å²) >= 11 is 0. The summed E-state index contributed by atoms with van der Waals surface area (Å²) in [6.07, 6.45) is -3.71. The Labute approximate surface area is 155 Å². The molecule has 2 aliphatic heterocycles. The van der Waals surface area contributed by atoms with E-state index < -0.39 is 11.7 Å². The summed E-state index contributed by atoms with van der Waals surface area (Å²) in [5.74, 6) is 0.582. The topological polar surface area (TPSA) is 32.8 Å². The van der Waals surface area contributed by atoms with Gasteiger partial charge in [-0.2, -0.15) is 13.2 Å². The lowest BCUT2D eigenvalue weighted by Gasteiger charge is -2.32. The highest BCUT2D eigenvalue weighted by molar-refractivity contribution is 5.94. The van der Waals surface area contributed by atoms with Crippen LogP contribution >= 0.6 is 0 Å². The van der Waals surface area contributed by atoms with Gasteiger partial charge in [-0.05, 0) is 30.2 Å². The van der Waals surface area contributed by atoms with Crippen LogP contribution in [0.3, 0.4) is 0 Å². The standard InChI is InChI=1S/C20H19F3N2O2/c21-20(22,23)16-5-3-4-14(12-16)15-8-9-24(13-15)19(26)25-10-11-27-18-7-2-1-6-17(18)25/h1-7,12,15H,8-11,13H2. The molecule has 0 spiro atoms. The van der Waals surface area contributed by atoms with Crippen molar-refractivity contribution in [3.05, 3.63) is 59.7 Å². The Morgan fingerprint density at radius 2 is 1.89 bits per heavy atom. The summed E-state index contributed by atoms with van der Waals surface area (Å²) in [4.78, 5) is 16.4. The summed E-state index contributed by atoms with van der Waals surface area (Å²) in [6.45, 7) is 1.83. The third-order valence-electron chi connectivity index (χ3n) is 5.10. The molecule has 1 saturated heterocycles. The number of carbonyl (C=O) groups is 1. The van der Waals surface area contributed by atoms with Crippen molar-refractivity contribution < 1.29 is 22.7 Å². The smallest absolute Gasteiger partial charge is 0.416 e. The molecule has 1 unspecified atom stereocenters. The van der Waals surface area contributed by atoms with Gasteiger partial charge in [-0.15, -0.1) is 0 Å². The molecule has 27 heavy (non-hydrogen) atoms. The number of amides is 2. The van der Waals surface area contributed by atoms with Gasteiger partial charge in [0.15, 0.2) is 0 Å². The molecule has 7 heteroatoms. The van der Waals surface area contributed by atoms with Crippen molar-refractivity contribution in [1.82, 2.24) is 4.90 Å². The van der Waals surface area contributed by atoms with Crippen molar-refractivity contribution in [2.24, 2.45) is 0 Å². The Hall–Kier alpha value is -2.70. The van der Waals surface area contributed by atoms with E-state index in [9.17, 15) is 18.0 Å². The third kappa shape index (κ3) is 3.46. The minimum absolute atomic E-state index is 0.0902. The average molecular weight is 376 g/mol. The second kappa shape index (κ2) is 6.79. The number of anilines is 1. The average Bonchev–Trinajstić information content (AvgIpc) is 3.17. The number of rotatable bonds is 1. The Morgan fingerprint density at radius 3 is 2.70 bits per heavy atom. The fourth-order valence-corrected chi connectivity index (χ4v) is 3.71. The molecule has 2 heterocycles. The Kier molecular flexibility index (Phi) is 4.45. The number of hydrogen-bond acceptors (Lipinski definition) is 2. The Balaban J connectivity index is 1.50. The highest BCUT2D eigenvalue weighted by Gasteiger charge is 2.35. The number of halogens is 3. The Bertz CT molecular complexity index is 853. The predicted octanol–water partition coefficient (Wildman–Crippen LogP) is 4.51. The summed E-state index contributed by atoms with van der Waals surface area (Å²) in [5, 5.41) is 0. The molecule has 0 saturated carbocycles. The largest absolute Gasteiger partial charge is 0.490 e. The second-order valence-electron chi connectivity index (χ2n) is 6.81. The molecule has 4 nitrogen and oxygen atoms in total. The maximum Gasteiger partial charge on any atom is 0.416 e. The zero-order chi connectivity index (χ0) is 19.0. The second-order valence-corrected chi connectivity index (χ2v) is 6.81. The molecule has 2 amide bonds. The maximum atomic E-state index is 13.0. The first-order valence-corrected chi connectivity index (χ1v) is 8.89. The summed E-state index contributed by atoms with van der Waals surface area (Å²) in [6, 6.07) is 12.7. The van der Waals surface area contributed by atoms with E-state index in [1.807, 2.05) is 24.3 Å². The molecule has 0 N–H and O–H groups in total. The van der Waals surface area contributed by atoms with Gasteiger partial charge in [-0.1, -0.05) is 30.3 Å². The Morgan fingerprint density at radius 1 is 1.07 bits per heavy atom. The first-order chi connectivity index (χ1) is 12.9. The van der Waals surface area contributed by atoms with E-state index >= 15 is 0 Å². The van der Waals surface area contributed by atoms with Gasteiger partial charge in [-0.3, -0.25) is 4.90 Å². The highest BCUT2D eigenvalue weighted by Crippen LogP contribution is 2.36. The van der Waals surface area contributed by atoms with E-state index in [2.05, 4.69) is 0 Å². The molecule has 0 bridgehead atoms. The fraction of sp³-hybridized carbons (Fsp3) is 0.350. The van der Waals surface area contributed by atoms with Gasteiger partial charge in [0, 0.05) is 19.0 Å². The molecule has 0 aliphatic carbocycles. The lowest BCUT2D eigenvalue weighted by Crippen LogP contribution is -2.45. The molecule has 2 aromatic rings. The summed E-state index contributed by atoms with van der Waals surface area (Å²) in [7, 11) is 0. The number of alkyl halides is 3. The maximum absolute atomic E-state index is 13.0. The van der Waals surface area contributed by atoms with Gasteiger partial charge in [0.1, 0.15) is 12.4 Å². The number of carbonyl (C=O) groups excluding carboxylic acids is 1. The highest BCUT2D eigenvalue weighted by atomic mass is 19.4. The molecule has 0 aromatic heterocycles.